The number of rotatable bonds is 5. The molecule has 1 aliphatic rings. The van der Waals surface area contributed by atoms with Crippen LogP contribution in [0, 0.1) is 0 Å². The molecule has 0 unspecified atom stereocenters. The average molecular weight is 349 g/mol. The molecule has 0 aromatic heterocycles. The third-order valence-corrected chi connectivity index (χ3v) is 9.38. The van der Waals surface area contributed by atoms with Crippen molar-refractivity contribution >= 4 is 14.6 Å². The zero-order valence-corrected chi connectivity index (χ0v) is 16.8. The second kappa shape index (κ2) is 6.28. The smallest absolute Gasteiger partial charge is 0.250 e. The van der Waals surface area contributed by atoms with Gasteiger partial charge in [0.1, 0.15) is 23.4 Å². The van der Waals surface area contributed by atoms with Crippen molar-refractivity contribution in [2.75, 3.05) is 7.11 Å². The number of fused-ring (bicyclic) bond motifs is 1. The van der Waals surface area contributed by atoms with Crippen LogP contribution >= 0.6 is 0 Å². The number of hydrogen-bond acceptors (Lipinski definition) is 4. The van der Waals surface area contributed by atoms with Gasteiger partial charge in [-0.25, -0.2) is 0 Å². The minimum absolute atomic E-state index is 0.0241. The fraction of sp³-hybridized carbons (Fsp3) is 0.526. The minimum Gasteiger partial charge on any atom is -0.543 e. The zero-order chi connectivity index (χ0) is 18.3. The van der Waals surface area contributed by atoms with Gasteiger partial charge in [-0.1, -0.05) is 27.4 Å². The van der Waals surface area contributed by atoms with Gasteiger partial charge in [0.2, 0.25) is 0 Å². The van der Waals surface area contributed by atoms with Crippen LogP contribution in [0.2, 0.25) is 18.1 Å². The molecule has 0 amide bonds. The second-order valence-corrected chi connectivity index (χ2v) is 12.7. The molecule has 5 heteroatoms. The molecule has 0 fully saturated rings. The molecule has 1 heterocycles. The van der Waals surface area contributed by atoms with Gasteiger partial charge in [0, 0.05) is 18.1 Å². The molecule has 132 valence electrons. The summed E-state index contributed by atoms with van der Waals surface area (Å²) in [5.74, 6) is 1.83. The first-order valence-electron chi connectivity index (χ1n) is 8.22. The first kappa shape index (κ1) is 18.6. The van der Waals surface area contributed by atoms with E-state index in [0.29, 0.717) is 23.5 Å². The van der Waals surface area contributed by atoms with Gasteiger partial charge in [-0.2, -0.15) is 0 Å². The number of carbonyl (C=O) groups is 1. The molecule has 0 N–H and O–H groups in total. The number of hydrogen-bond donors (Lipinski definition) is 0. The van der Waals surface area contributed by atoms with Crippen LogP contribution in [-0.4, -0.2) is 27.8 Å². The summed E-state index contributed by atoms with van der Waals surface area (Å²) in [5, 5.41) is 0.0241. The second-order valence-electron chi connectivity index (χ2n) is 7.94. The fourth-order valence-corrected chi connectivity index (χ4v) is 3.48. The summed E-state index contributed by atoms with van der Waals surface area (Å²) in [6.45, 7) is 16.8. The molecule has 2 rings (SSSR count). The average Bonchev–Trinajstić information content (AvgIpc) is 2.89. The summed E-state index contributed by atoms with van der Waals surface area (Å²) in [6, 6.07) is 1.78. The molecule has 0 aliphatic carbocycles. The highest BCUT2D eigenvalue weighted by Crippen LogP contribution is 2.47. The Morgan fingerprint density at radius 3 is 2.50 bits per heavy atom. The van der Waals surface area contributed by atoms with Gasteiger partial charge in [-0.3, -0.25) is 4.79 Å². The van der Waals surface area contributed by atoms with E-state index in [1.54, 1.807) is 13.2 Å². The highest BCUT2D eigenvalue weighted by atomic mass is 28.4. The van der Waals surface area contributed by atoms with Crippen molar-refractivity contribution in [1.29, 1.82) is 0 Å². The van der Waals surface area contributed by atoms with E-state index in [1.807, 2.05) is 6.92 Å². The Bertz CT molecular complexity index is 671. The van der Waals surface area contributed by atoms with E-state index in [4.69, 9.17) is 13.9 Å². The maximum Gasteiger partial charge on any atom is 0.250 e. The van der Waals surface area contributed by atoms with Crippen LogP contribution in [0.15, 0.2) is 18.2 Å². The van der Waals surface area contributed by atoms with Crippen LogP contribution in [0.1, 0.15) is 43.6 Å². The molecule has 24 heavy (non-hydrogen) atoms. The summed E-state index contributed by atoms with van der Waals surface area (Å²) in [4.78, 5) is 11.8. The van der Waals surface area contributed by atoms with Crippen LogP contribution in [0.3, 0.4) is 0 Å². The Morgan fingerprint density at radius 2 is 2.04 bits per heavy atom. The number of ether oxygens (including phenoxy) is 2. The van der Waals surface area contributed by atoms with Crippen molar-refractivity contribution in [2.45, 2.75) is 58.4 Å². The molecule has 0 saturated carbocycles. The molecule has 1 aliphatic heterocycles. The van der Waals surface area contributed by atoms with Gasteiger partial charge < -0.3 is 13.9 Å². The largest absolute Gasteiger partial charge is 0.543 e. The van der Waals surface area contributed by atoms with E-state index in [9.17, 15) is 4.79 Å². The fourth-order valence-electron chi connectivity index (χ4n) is 2.43. The summed E-state index contributed by atoms with van der Waals surface area (Å²) in [6.07, 6.45) is 1.39. The Balaban J connectivity index is 2.60. The van der Waals surface area contributed by atoms with Crippen molar-refractivity contribution in [3.8, 4) is 17.2 Å². The summed E-state index contributed by atoms with van der Waals surface area (Å²) in [5.41, 5.74) is 2.36. The number of methoxy groups -OCH3 is 1. The Kier molecular flexibility index (Phi) is 4.86. The lowest BCUT2D eigenvalue weighted by Gasteiger charge is -2.37. The molecule has 1 atom stereocenters. The van der Waals surface area contributed by atoms with E-state index in [2.05, 4.69) is 40.4 Å². The molecule has 1 aromatic carbocycles. The standard InChI is InChI=1S/C19H28O4Si/c1-12(2)15-9-13-17(22-15)10-16(21-6)14(11-20)18(13)23-24(7,8)19(3,4)5/h10-11,15H,1,9H2,2-8H3/t15-/m1/s1. The van der Waals surface area contributed by atoms with Gasteiger partial charge in [-0.05, 0) is 30.6 Å². The molecule has 1 aromatic rings. The Hall–Kier alpha value is -1.75. The normalized spacial score (nSPS) is 17.0. The lowest BCUT2D eigenvalue weighted by Crippen LogP contribution is -2.44. The first-order valence-corrected chi connectivity index (χ1v) is 11.1. The minimum atomic E-state index is -2.11. The molecule has 4 nitrogen and oxygen atoms in total. The maximum absolute atomic E-state index is 11.8. The molecule has 0 spiro atoms. The van der Waals surface area contributed by atoms with E-state index < -0.39 is 8.32 Å². The van der Waals surface area contributed by atoms with E-state index in [0.717, 1.165) is 23.2 Å². The van der Waals surface area contributed by atoms with Gasteiger partial charge in [0.25, 0.3) is 8.32 Å². The van der Waals surface area contributed by atoms with Crippen molar-refractivity contribution in [3.05, 3.63) is 29.3 Å². The topological polar surface area (TPSA) is 44.8 Å². The van der Waals surface area contributed by atoms with Crippen molar-refractivity contribution < 1.29 is 18.7 Å². The molecule has 0 bridgehead atoms. The van der Waals surface area contributed by atoms with Gasteiger partial charge in [0.15, 0.2) is 6.29 Å². The van der Waals surface area contributed by atoms with Crippen LogP contribution in [0.5, 0.6) is 17.2 Å². The highest BCUT2D eigenvalue weighted by Gasteiger charge is 2.41. The SMILES string of the molecule is C=C(C)[C@H]1Cc2c(cc(OC)c(C=O)c2O[Si](C)(C)C(C)(C)C)O1. The van der Waals surface area contributed by atoms with E-state index in [-0.39, 0.29) is 11.1 Å². The van der Waals surface area contributed by atoms with Crippen molar-refractivity contribution in [3.63, 3.8) is 0 Å². The predicted octanol–water partition coefficient (Wildman–Crippen LogP) is 4.77. The monoisotopic (exact) mass is 348 g/mol. The first-order chi connectivity index (χ1) is 11.0. The lowest BCUT2D eigenvalue weighted by atomic mass is 10.0. The Labute approximate surface area is 145 Å². The van der Waals surface area contributed by atoms with Gasteiger partial charge in [0.05, 0.1) is 12.7 Å². The molecular weight excluding hydrogens is 320 g/mol. The number of benzene rings is 1. The Morgan fingerprint density at radius 1 is 1.42 bits per heavy atom. The number of carbonyl (C=O) groups excluding carboxylic acids is 1. The van der Waals surface area contributed by atoms with E-state index in [1.165, 1.54) is 0 Å². The predicted molar refractivity (Wildman–Crippen MR) is 99.1 cm³/mol. The zero-order valence-electron chi connectivity index (χ0n) is 15.8. The van der Waals surface area contributed by atoms with Crippen LogP contribution in [-0.2, 0) is 6.42 Å². The van der Waals surface area contributed by atoms with Crippen LogP contribution in [0.4, 0.5) is 0 Å². The third kappa shape index (κ3) is 3.22. The van der Waals surface area contributed by atoms with Crippen molar-refractivity contribution in [2.24, 2.45) is 0 Å². The van der Waals surface area contributed by atoms with Crippen LogP contribution < -0.4 is 13.9 Å². The highest BCUT2D eigenvalue weighted by molar-refractivity contribution is 6.74. The van der Waals surface area contributed by atoms with E-state index >= 15 is 0 Å². The number of aldehydes is 1. The van der Waals surface area contributed by atoms with Gasteiger partial charge >= 0.3 is 0 Å². The summed E-state index contributed by atoms with van der Waals surface area (Å²) in [7, 11) is -0.562. The maximum atomic E-state index is 11.8. The summed E-state index contributed by atoms with van der Waals surface area (Å²) >= 11 is 0. The summed E-state index contributed by atoms with van der Waals surface area (Å²) < 4.78 is 17.9. The van der Waals surface area contributed by atoms with Crippen molar-refractivity contribution in [1.82, 2.24) is 0 Å². The van der Waals surface area contributed by atoms with Gasteiger partial charge in [-0.15, -0.1) is 0 Å². The van der Waals surface area contributed by atoms with Crippen LogP contribution in [0.25, 0.3) is 0 Å². The quantitative estimate of drug-likeness (QED) is 0.437. The molecule has 0 saturated heterocycles. The molecular formula is C19H28O4Si. The lowest BCUT2D eigenvalue weighted by molar-refractivity contribution is 0.111. The third-order valence-electron chi connectivity index (χ3n) is 5.05. The molecule has 0 radical (unpaired) electrons.